The first-order valence-corrected chi connectivity index (χ1v) is 8.75. The van der Waals surface area contributed by atoms with Gasteiger partial charge in [-0.05, 0) is 61.7 Å². The van der Waals surface area contributed by atoms with Crippen LogP contribution in [0.3, 0.4) is 0 Å². The van der Waals surface area contributed by atoms with E-state index in [-0.39, 0.29) is 6.61 Å². The fraction of sp³-hybridized carbons (Fsp3) is 0.300. The van der Waals surface area contributed by atoms with E-state index >= 15 is 0 Å². The molecular weight excluding hydrogens is 354 g/mol. The third-order valence-corrected chi connectivity index (χ3v) is 4.02. The fourth-order valence-corrected chi connectivity index (χ4v) is 2.49. The summed E-state index contributed by atoms with van der Waals surface area (Å²) in [6.45, 7) is 5.11. The van der Waals surface area contributed by atoms with Crippen molar-refractivity contribution in [3.05, 3.63) is 58.6 Å². The molecule has 0 saturated heterocycles. The van der Waals surface area contributed by atoms with Gasteiger partial charge in [-0.25, -0.2) is 4.79 Å². The van der Waals surface area contributed by atoms with E-state index in [9.17, 15) is 9.59 Å². The molecule has 0 aliphatic carbocycles. The number of anilines is 1. The van der Waals surface area contributed by atoms with Gasteiger partial charge in [-0.3, -0.25) is 4.79 Å². The van der Waals surface area contributed by atoms with Crippen LogP contribution in [0.15, 0.2) is 42.5 Å². The van der Waals surface area contributed by atoms with Crippen LogP contribution in [-0.4, -0.2) is 24.6 Å². The lowest BCUT2D eigenvalue weighted by atomic mass is 10.1. The smallest absolute Gasteiger partial charge is 0.344 e. The lowest BCUT2D eigenvalue weighted by Crippen LogP contribution is -2.31. The Morgan fingerprint density at radius 2 is 1.85 bits per heavy atom. The summed E-state index contributed by atoms with van der Waals surface area (Å²) in [5.74, 6) is -0.479. The van der Waals surface area contributed by atoms with Gasteiger partial charge in [0.25, 0.3) is 5.91 Å². The molecule has 138 valence electrons. The Morgan fingerprint density at radius 3 is 2.46 bits per heavy atom. The van der Waals surface area contributed by atoms with Crippen LogP contribution >= 0.6 is 11.6 Å². The van der Waals surface area contributed by atoms with Crippen LogP contribution in [0.4, 0.5) is 5.69 Å². The summed E-state index contributed by atoms with van der Waals surface area (Å²) in [6.07, 6.45) is -0.00160. The first-order valence-electron chi connectivity index (χ1n) is 8.37. The number of amides is 1. The lowest BCUT2D eigenvalue weighted by Gasteiger charge is -2.14. The third-order valence-electron chi connectivity index (χ3n) is 3.79. The normalized spacial score (nSPS) is 11.5. The Bertz CT molecular complexity index is 774. The van der Waals surface area contributed by atoms with Gasteiger partial charge in [0.2, 0.25) is 0 Å². The van der Waals surface area contributed by atoms with Crippen molar-refractivity contribution in [2.75, 3.05) is 11.9 Å². The Morgan fingerprint density at radius 1 is 1.15 bits per heavy atom. The largest absolute Gasteiger partial charge is 0.482 e. The molecule has 0 radical (unpaired) electrons. The number of aryl methyl sites for hydroxylation is 2. The Kier molecular flexibility index (Phi) is 7.04. The van der Waals surface area contributed by atoms with Crippen molar-refractivity contribution in [3.63, 3.8) is 0 Å². The number of nitrogens with one attached hydrogen (secondary N) is 1. The predicted octanol–water partition coefficient (Wildman–Crippen LogP) is 4.16. The summed E-state index contributed by atoms with van der Waals surface area (Å²) in [5, 5.41) is 3.31. The van der Waals surface area contributed by atoms with Crippen molar-refractivity contribution in [2.24, 2.45) is 0 Å². The molecule has 2 aromatic rings. The van der Waals surface area contributed by atoms with E-state index in [1.165, 1.54) is 12.5 Å². The molecule has 0 aromatic heterocycles. The molecule has 5 nitrogen and oxygen atoms in total. The van der Waals surface area contributed by atoms with E-state index in [0.29, 0.717) is 16.5 Å². The highest BCUT2D eigenvalue weighted by atomic mass is 35.5. The number of rotatable bonds is 7. The van der Waals surface area contributed by atoms with Gasteiger partial charge in [-0.2, -0.15) is 0 Å². The third kappa shape index (κ3) is 5.77. The summed E-state index contributed by atoms with van der Waals surface area (Å²) in [6, 6.07) is 12.6. The summed E-state index contributed by atoms with van der Waals surface area (Å²) in [4.78, 5) is 24.0. The molecular formula is C20H22ClNO4. The molecule has 0 saturated carbocycles. The number of halogens is 1. The molecule has 0 bridgehead atoms. The van der Waals surface area contributed by atoms with Gasteiger partial charge in [0, 0.05) is 10.7 Å². The van der Waals surface area contributed by atoms with Gasteiger partial charge in [0.1, 0.15) is 5.75 Å². The minimum Gasteiger partial charge on any atom is -0.482 e. The van der Waals surface area contributed by atoms with Crippen molar-refractivity contribution in [1.29, 1.82) is 0 Å². The van der Waals surface area contributed by atoms with E-state index in [0.717, 1.165) is 12.0 Å². The van der Waals surface area contributed by atoms with Gasteiger partial charge in [-0.1, -0.05) is 30.7 Å². The maximum Gasteiger partial charge on any atom is 0.344 e. The lowest BCUT2D eigenvalue weighted by molar-refractivity contribution is -0.155. The fourth-order valence-electron chi connectivity index (χ4n) is 2.26. The average Bonchev–Trinajstić information content (AvgIpc) is 2.61. The van der Waals surface area contributed by atoms with E-state index in [1.807, 2.05) is 31.2 Å². The number of benzene rings is 2. The number of carbonyl (C=O) groups is 2. The van der Waals surface area contributed by atoms with Gasteiger partial charge in [-0.15, -0.1) is 0 Å². The minimum atomic E-state index is -0.928. The quantitative estimate of drug-likeness (QED) is 0.738. The summed E-state index contributed by atoms with van der Waals surface area (Å²) in [7, 11) is 0. The van der Waals surface area contributed by atoms with Gasteiger partial charge in [0.15, 0.2) is 12.7 Å². The molecule has 26 heavy (non-hydrogen) atoms. The minimum absolute atomic E-state index is 0.286. The molecule has 2 aromatic carbocycles. The van der Waals surface area contributed by atoms with Crippen LogP contribution in [0.25, 0.3) is 0 Å². The van der Waals surface area contributed by atoms with Crippen LogP contribution in [0.1, 0.15) is 25.0 Å². The van der Waals surface area contributed by atoms with Crippen molar-refractivity contribution in [3.8, 4) is 5.75 Å². The number of hydrogen-bond acceptors (Lipinski definition) is 4. The van der Waals surface area contributed by atoms with Crippen LogP contribution in [0.5, 0.6) is 5.75 Å². The van der Waals surface area contributed by atoms with Crippen molar-refractivity contribution < 1.29 is 19.1 Å². The highest BCUT2D eigenvalue weighted by Crippen LogP contribution is 2.21. The zero-order valence-corrected chi connectivity index (χ0v) is 15.8. The molecule has 0 spiro atoms. The van der Waals surface area contributed by atoms with Crippen LogP contribution in [-0.2, 0) is 20.7 Å². The monoisotopic (exact) mass is 375 g/mol. The van der Waals surface area contributed by atoms with Crippen LogP contribution in [0, 0.1) is 6.92 Å². The summed E-state index contributed by atoms with van der Waals surface area (Å²) < 4.78 is 10.5. The predicted molar refractivity (Wildman–Crippen MR) is 102 cm³/mol. The second-order valence-corrected chi connectivity index (χ2v) is 6.31. The Hall–Kier alpha value is -2.53. The first-order chi connectivity index (χ1) is 12.4. The zero-order chi connectivity index (χ0) is 19.1. The SMILES string of the molecule is CCc1ccc(NC(=O)[C@H](C)OC(=O)COc2ccc(Cl)cc2C)cc1. The number of carbonyl (C=O) groups excluding carboxylic acids is 2. The highest BCUT2D eigenvalue weighted by molar-refractivity contribution is 6.30. The Balaban J connectivity index is 1.82. The molecule has 0 unspecified atom stereocenters. The van der Waals surface area contributed by atoms with Crippen molar-refractivity contribution in [2.45, 2.75) is 33.3 Å². The molecule has 0 fully saturated rings. The standard InChI is InChI=1S/C20H22ClNO4/c1-4-15-5-8-17(9-6-15)22-20(24)14(3)26-19(23)12-25-18-10-7-16(21)11-13(18)2/h5-11,14H,4,12H2,1-3H3,(H,22,24)/t14-/m0/s1. The topological polar surface area (TPSA) is 64.6 Å². The molecule has 0 aliphatic heterocycles. The van der Waals surface area contributed by atoms with Crippen LogP contribution < -0.4 is 10.1 Å². The van der Waals surface area contributed by atoms with Gasteiger partial charge in [0.05, 0.1) is 0 Å². The molecule has 0 aliphatic rings. The maximum atomic E-state index is 12.1. The highest BCUT2D eigenvalue weighted by Gasteiger charge is 2.18. The number of hydrogen-bond donors (Lipinski definition) is 1. The maximum absolute atomic E-state index is 12.1. The van der Waals surface area contributed by atoms with Crippen molar-refractivity contribution in [1.82, 2.24) is 0 Å². The summed E-state index contributed by atoms with van der Waals surface area (Å²) in [5.41, 5.74) is 2.65. The molecule has 0 heterocycles. The first kappa shape index (κ1) is 19.8. The molecule has 1 amide bonds. The summed E-state index contributed by atoms with van der Waals surface area (Å²) >= 11 is 5.88. The van der Waals surface area contributed by atoms with Gasteiger partial charge < -0.3 is 14.8 Å². The van der Waals surface area contributed by atoms with Gasteiger partial charge >= 0.3 is 5.97 Å². The second kappa shape index (κ2) is 9.25. The molecule has 2 rings (SSSR count). The second-order valence-electron chi connectivity index (χ2n) is 5.87. The molecule has 6 heteroatoms. The van der Waals surface area contributed by atoms with E-state index in [2.05, 4.69) is 12.2 Å². The number of esters is 1. The zero-order valence-electron chi connectivity index (χ0n) is 15.0. The average molecular weight is 376 g/mol. The van der Waals surface area contributed by atoms with E-state index in [4.69, 9.17) is 21.1 Å². The van der Waals surface area contributed by atoms with Crippen molar-refractivity contribution >= 4 is 29.2 Å². The van der Waals surface area contributed by atoms with Crippen LogP contribution in [0.2, 0.25) is 5.02 Å². The van der Waals surface area contributed by atoms with E-state index < -0.39 is 18.0 Å². The number of ether oxygens (including phenoxy) is 2. The molecule has 1 atom stereocenters. The molecule has 1 N–H and O–H groups in total. The van der Waals surface area contributed by atoms with E-state index in [1.54, 1.807) is 18.2 Å². The Labute approximate surface area is 158 Å².